The van der Waals surface area contributed by atoms with E-state index < -0.39 is 6.17 Å². The Labute approximate surface area is 90.7 Å². The molecule has 0 spiro atoms. The first-order chi connectivity index (χ1) is 7.24. The molecule has 0 aliphatic carbocycles. The molecule has 2 heterocycles. The van der Waals surface area contributed by atoms with Gasteiger partial charge in [0.25, 0.3) is 5.19 Å². The number of ether oxygens (including phenoxy) is 1. The van der Waals surface area contributed by atoms with Crippen LogP contribution in [-0.4, -0.2) is 37.6 Å². The smallest absolute Gasteiger partial charge is 0.275 e. The lowest BCUT2D eigenvalue weighted by Gasteiger charge is -2.14. The molecule has 2 rings (SSSR count). The predicted molar refractivity (Wildman–Crippen MR) is 55.8 cm³/mol. The molecule has 6 heteroatoms. The van der Waals surface area contributed by atoms with Crippen LogP contribution in [0, 0.1) is 0 Å². The van der Waals surface area contributed by atoms with Crippen molar-refractivity contribution in [3.05, 3.63) is 4.88 Å². The molecule has 1 aromatic rings. The van der Waals surface area contributed by atoms with Crippen LogP contribution in [0.3, 0.4) is 0 Å². The monoisotopic (exact) mass is 230 g/mol. The van der Waals surface area contributed by atoms with Gasteiger partial charge in [0.2, 0.25) is 0 Å². The first-order valence-corrected chi connectivity index (χ1v) is 5.45. The van der Waals surface area contributed by atoms with E-state index in [4.69, 9.17) is 4.74 Å². The molecule has 1 aliphatic heterocycles. The number of aldehydes is 1. The number of alkyl halides is 1. The van der Waals surface area contributed by atoms with Gasteiger partial charge in [0.1, 0.15) is 11.0 Å². The highest BCUT2D eigenvalue weighted by Gasteiger charge is 2.26. The van der Waals surface area contributed by atoms with E-state index in [2.05, 4.69) is 4.98 Å². The van der Waals surface area contributed by atoms with Crippen molar-refractivity contribution in [1.82, 2.24) is 4.98 Å². The summed E-state index contributed by atoms with van der Waals surface area (Å²) in [6.45, 7) is 0.919. The van der Waals surface area contributed by atoms with E-state index in [9.17, 15) is 9.18 Å². The van der Waals surface area contributed by atoms with Gasteiger partial charge in [-0.05, 0) is 6.42 Å². The number of hydrogen-bond donors (Lipinski definition) is 0. The second kappa shape index (κ2) is 4.14. The zero-order valence-corrected chi connectivity index (χ0v) is 9.09. The molecule has 0 saturated carbocycles. The Bertz CT molecular complexity index is 369. The molecular formula is C9H11FN2O2S. The molecule has 82 valence electrons. The van der Waals surface area contributed by atoms with Crippen LogP contribution >= 0.6 is 11.3 Å². The highest BCUT2D eigenvalue weighted by atomic mass is 32.1. The number of aromatic nitrogens is 1. The van der Waals surface area contributed by atoms with Crippen LogP contribution in [0.5, 0.6) is 5.19 Å². The normalized spacial score (nSPS) is 20.7. The lowest BCUT2D eigenvalue weighted by atomic mass is 10.3. The number of thiazole rings is 1. The molecule has 0 bridgehead atoms. The summed E-state index contributed by atoms with van der Waals surface area (Å²) in [5.41, 5.74) is 0. The van der Waals surface area contributed by atoms with E-state index in [1.165, 1.54) is 18.4 Å². The number of anilines is 1. The second-order valence-electron chi connectivity index (χ2n) is 3.32. The van der Waals surface area contributed by atoms with Crippen molar-refractivity contribution in [3.63, 3.8) is 0 Å². The van der Waals surface area contributed by atoms with Gasteiger partial charge in [0.15, 0.2) is 12.1 Å². The molecule has 15 heavy (non-hydrogen) atoms. The first-order valence-electron chi connectivity index (χ1n) is 4.63. The van der Waals surface area contributed by atoms with Crippen LogP contribution in [-0.2, 0) is 0 Å². The number of nitrogens with zero attached hydrogens (tertiary/aromatic N) is 2. The average Bonchev–Trinajstić information content (AvgIpc) is 2.82. The Hall–Kier alpha value is -1.17. The van der Waals surface area contributed by atoms with Gasteiger partial charge in [-0.2, -0.15) is 4.98 Å². The number of carbonyl (C=O) groups is 1. The Morgan fingerprint density at radius 1 is 1.73 bits per heavy atom. The lowest BCUT2D eigenvalue weighted by molar-refractivity contribution is 0.112. The highest BCUT2D eigenvalue weighted by Crippen LogP contribution is 2.32. The topological polar surface area (TPSA) is 42.4 Å². The Kier molecular flexibility index (Phi) is 2.86. The van der Waals surface area contributed by atoms with Gasteiger partial charge in [-0.1, -0.05) is 11.3 Å². The van der Waals surface area contributed by atoms with Gasteiger partial charge in [0.05, 0.1) is 13.7 Å². The fraction of sp³-hybridized carbons (Fsp3) is 0.556. The summed E-state index contributed by atoms with van der Waals surface area (Å²) in [6.07, 6.45) is 0.413. The number of methoxy groups -OCH3 is 1. The minimum atomic E-state index is -0.822. The van der Waals surface area contributed by atoms with Gasteiger partial charge in [0, 0.05) is 6.54 Å². The van der Waals surface area contributed by atoms with E-state index in [1.54, 1.807) is 4.90 Å². The molecule has 1 unspecified atom stereocenters. The number of halogens is 1. The SMILES string of the molecule is COc1nc(N2CCC(F)C2)c(C=O)s1. The molecule has 0 amide bonds. The van der Waals surface area contributed by atoms with E-state index in [0.717, 1.165) is 6.29 Å². The molecule has 0 aromatic carbocycles. The van der Waals surface area contributed by atoms with Crippen molar-refractivity contribution < 1.29 is 13.9 Å². The summed E-state index contributed by atoms with van der Waals surface area (Å²) in [4.78, 5) is 17.2. The second-order valence-corrected chi connectivity index (χ2v) is 4.31. The van der Waals surface area contributed by atoms with E-state index >= 15 is 0 Å². The van der Waals surface area contributed by atoms with Crippen molar-refractivity contribution in [2.24, 2.45) is 0 Å². The molecule has 1 atom stereocenters. The summed E-state index contributed by atoms with van der Waals surface area (Å²) in [5.74, 6) is 0.548. The fourth-order valence-corrected chi connectivity index (χ4v) is 2.32. The van der Waals surface area contributed by atoms with E-state index in [0.29, 0.717) is 35.4 Å². The van der Waals surface area contributed by atoms with Crippen molar-refractivity contribution in [3.8, 4) is 5.19 Å². The largest absolute Gasteiger partial charge is 0.473 e. The van der Waals surface area contributed by atoms with Gasteiger partial charge in [-0.25, -0.2) is 4.39 Å². The van der Waals surface area contributed by atoms with Gasteiger partial charge in [-0.15, -0.1) is 0 Å². The number of rotatable bonds is 3. The van der Waals surface area contributed by atoms with Crippen LogP contribution in [0.2, 0.25) is 0 Å². The molecule has 1 aromatic heterocycles. The van der Waals surface area contributed by atoms with E-state index in [-0.39, 0.29) is 0 Å². The van der Waals surface area contributed by atoms with Crippen LogP contribution in [0.25, 0.3) is 0 Å². The third-order valence-electron chi connectivity index (χ3n) is 2.33. The zero-order chi connectivity index (χ0) is 10.8. The Morgan fingerprint density at radius 2 is 2.53 bits per heavy atom. The third kappa shape index (κ3) is 1.94. The summed E-state index contributed by atoms with van der Waals surface area (Å²) in [7, 11) is 1.50. The van der Waals surface area contributed by atoms with Gasteiger partial charge in [-0.3, -0.25) is 4.79 Å². The van der Waals surface area contributed by atoms with Crippen LogP contribution in [0.15, 0.2) is 0 Å². The van der Waals surface area contributed by atoms with Crippen LogP contribution in [0.4, 0.5) is 10.2 Å². The third-order valence-corrected chi connectivity index (χ3v) is 3.26. The summed E-state index contributed by atoms with van der Waals surface area (Å²) in [6, 6.07) is 0. The molecule has 0 N–H and O–H groups in total. The Balaban J connectivity index is 2.26. The van der Waals surface area contributed by atoms with Crippen LogP contribution < -0.4 is 9.64 Å². The van der Waals surface area contributed by atoms with Crippen molar-refractivity contribution in [1.29, 1.82) is 0 Å². The molecular weight excluding hydrogens is 219 g/mol. The molecule has 1 fully saturated rings. The lowest BCUT2D eigenvalue weighted by Crippen LogP contribution is -2.21. The maximum Gasteiger partial charge on any atom is 0.275 e. The minimum absolute atomic E-state index is 0.313. The number of carbonyl (C=O) groups excluding carboxylic acids is 1. The minimum Gasteiger partial charge on any atom is -0.473 e. The van der Waals surface area contributed by atoms with Gasteiger partial charge < -0.3 is 9.64 Å². The summed E-state index contributed by atoms with van der Waals surface area (Å²) in [5, 5.41) is 0.439. The number of hydrogen-bond acceptors (Lipinski definition) is 5. The quantitative estimate of drug-likeness (QED) is 0.738. The summed E-state index contributed by atoms with van der Waals surface area (Å²) >= 11 is 1.18. The highest BCUT2D eigenvalue weighted by molar-refractivity contribution is 7.15. The standard InChI is InChI=1S/C9H11FN2O2S/c1-14-9-11-8(7(5-13)15-9)12-3-2-6(10)4-12/h5-6H,2-4H2,1H3. The van der Waals surface area contributed by atoms with Crippen molar-refractivity contribution in [2.45, 2.75) is 12.6 Å². The van der Waals surface area contributed by atoms with E-state index in [1.807, 2.05) is 0 Å². The fourth-order valence-electron chi connectivity index (χ4n) is 1.60. The molecule has 1 aliphatic rings. The predicted octanol–water partition coefficient (Wildman–Crippen LogP) is 1.51. The zero-order valence-electron chi connectivity index (χ0n) is 8.27. The van der Waals surface area contributed by atoms with Crippen molar-refractivity contribution >= 4 is 23.4 Å². The molecule has 1 saturated heterocycles. The maximum absolute atomic E-state index is 13.0. The Morgan fingerprint density at radius 3 is 3.07 bits per heavy atom. The van der Waals surface area contributed by atoms with Gasteiger partial charge >= 0.3 is 0 Å². The first kappa shape index (κ1) is 10.4. The average molecular weight is 230 g/mol. The maximum atomic E-state index is 13.0. The summed E-state index contributed by atoms with van der Waals surface area (Å²) < 4.78 is 17.9. The molecule has 0 radical (unpaired) electrons. The van der Waals surface area contributed by atoms with Crippen molar-refractivity contribution in [2.75, 3.05) is 25.1 Å². The molecule has 4 nitrogen and oxygen atoms in total. The van der Waals surface area contributed by atoms with Crippen LogP contribution in [0.1, 0.15) is 16.1 Å².